The maximum absolute atomic E-state index is 9.31. The van der Waals surface area contributed by atoms with Gasteiger partial charge in [-0.05, 0) is 40.9 Å². The van der Waals surface area contributed by atoms with Crippen molar-refractivity contribution in [1.29, 1.82) is 0 Å². The van der Waals surface area contributed by atoms with Crippen LogP contribution in [0.3, 0.4) is 0 Å². The average Bonchev–Trinajstić information content (AvgIpc) is 2.94. The normalized spacial score (nSPS) is 19.3. The van der Waals surface area contributed by atoms with E-state index in [1.54, 1.807) is 0 Å². The molecule has 0 aliphatic carbocycles. The van der Waals surface area contributed by atoms with Crippen LogP contribution in [0.4, 0.5) is 0 Å². The Hall–Kier alpha value is -1.14. The lowest BCUT2D eigenvalue weighted by molar-refractivity contribution is 0.238. The highest BCUT2D eigenvalue weighted by atomic mass is 79.9. The number of nitrogens with zero attached hydrogens (tertiary/aromatic N) is 3. The highest BCUT2D eigenvalue weighted by Gasteiger charge is 2.26. The van der Waals surface area contributed by atoms with Crippen LogP contribution in [0.2, 0.25) is 0 Å². The Kier molecular flexibility index (Phi) is 2.76. The van der Waals surface area contributed by atoms with Crippen LogP contribution in [-0.4, -0.2) is 26.5 Å². The number of furan rings is 1. The summed E-state index contributed by atoms with van der Waals surface area (Å²) in [5.41, 5.74) is 0. The predicted octanol–water partition coefficient (Wildman–Crippen LogP) is 2.17. The Morgan fingerprint density at radius 1 is 1.47 bits per heavy atom. The van der Waals surface area contributed by atoms with Crippen molar-refractivity contribution in [1.82, 2.24) is 14.8 Å². The zero-order valence-electron chi connectivity index (χ0n) is 9.14. The van der Waals surface area contributed by atoms with Gasteiger partial charge in [0, 0.05) is 12.5 Å². The minimum Gasteiger partial charge on any atom is -0.446 e. The second-order valence-electron chi connectivity index (χ2n) is 4.16. The molecule has 2 aromatic rings. The van der Waals surface area contributed by atoms with Crippen LogP contribution >= 0.6 is 15.9 Å². The van der Waals surface area contributed by atoms with E-state index in [1.807, 2.05) is 16.7 Å². The maximum Gasteiger partial charge on any atom is 0.199 e. The molecular weight excluding hydrogens is 286 g/mol. The van der Waals surface area contributed by atoms with Crippen molar-refractivity contribution in [3.63, 3.8) is 0 Å². The van der Waals surface area contributed by atoms with E-state index in [1.165, 1.54) is 0 Å². The van der Waals surface area contributed by atoms with E-state index in [4.69, 9.17) is 4.42 Å². The summed E-state index contributed by atoms with van der Waals surface area (Å²) in [6.45, 7) is 1.01. The molecule has 1 atom stereocenters. The summed E-state index contributed by atoms with van der Waals surface area (Å²) >= 11 is 3.28. The first kappa shape index (κ1) is 11.0. The Morgan fingerprint density at radius 2 is 2.35 bits per heavy atom. The molecule has 0 fully saturated rings. The van der Waals surface area contributed by atoms with Crippen LogP contribution in [0.25, 0.3) is 11.6 Å². The van der Waals surface area contributed by atoms with Crippen LogP contribution in [0.1, 0.15) is 24.6 Å². The van der Waals surface area contributed by atoms with Crippen molar-refractivity contribution < 1.29 is 9.52 Å². The molecule has 0 saturated carbocycles. The highest BCUT2D eigenvalue weighted by molar-refractivity contribution is 9.10. The molecule has 1 N–H and O–H groups in total. The molecular formula is C11H12BrN3O2. The molecule has 90 valence electrons. The third kappa shape index (κ3) is 1.81. The lowest BCUT2D eigenvalue weighted by Crippen LogP contribution is -2.19. The lowest BCUT2D eigenvalue weighted by Gasteiger charge is -2.21. The fraction of sp³-hybridized carbons (Fsp3) is 0.455. The summed E-state index contributed by atoms with van der Waals surface area (Å²) in [6.07, 6.45) is 2.00. The molecule has 2 aromatic heterocycles. The van der Waals surface area contributed by atoms with Gasteiger partial charge in [-0.3, -0.25) is 0 Å². The van der Waals surface area contributed by atoms with Crippen molar-refractivity contribution in [3.05, 3.63) is 22.6 Å². The SMILES string of the molecule is OCC1CCCn2c(-c3ccc(Br)o3)nnc21. The highest BCUT2D eigenvalue weighted by Crippen LogP contribution is 2.31. The van der Waals surface area contributed by atoms with E-state index >= 15 is 0 Å². The Bertz CT molecular complexity index is 535. The van der Waals surface area contributed by atoms with Gasteiger partial charge in [-0.2, -0.15) is 0 Å². The van der Waals surface area contributed by atoms with Gasteiger partial charge in [0.05, 0.1) is 6.61 Å². The van der Waals surface area contributed by atoms with Gasteiger partial charge in [0.25, 0.3) is 0 Å². The Balaban J connectivity index is 2.05. The van der Waals surface area contributed by atoms with Crippen molar-refractivity contribution in [3.8, 4) is 11.6 Å². The van der Waals surface area contributed by atoms with Gasteiger partial charge in [-0.15, -0.1) is 10.2 Å². The summed E-state index contributed by atoms with van der Waals surface area (Å²) in [6, 6.07) is 3.70. The summed E-state index contributed by atoms with van der Waals surface area (Å²) < 4.78 is 8.21. The monoisotopic (exact) mass is 297 g/mol. The summed E-state index contributed by atoms with van der Waals surface area (Å²) in [5, 5.41) is 17.6. The molecule has 5 nitrogen and oxygen atoms in total. The van der Waals surface area contributed by atoms with E-state index in [-0.39, 0.29) is 12.5 Å². The Labute approximate surface area is 107 Å². The third-order valence-electron chi connectivity index (χ3n) is 3.09. The summed E-state index contributed by atoms with van der Waals surface area (Å²) in [5.74, 6) is 2.41. The molecule has 0 radical (unpaired) electrons. The topological polar surface area (TPSA) is 64.1 Å². The number of aromatic nitrogens is 3. The van der Waals surface area contributed by atoms with Crippen LogP contribution in [0, 0.1) is 0 Å². The predicted molar refractivity (Wildman–Crippen MR) is 64.5 cm³/mol. The number of aliphatic hydroxyl groups is 1. The molecule has 17 heavy (non-hydrogen) atoms. The zero-order chi connectivity index (χ0) is 11.8. The van der Waals surface area contributed by atoms with Gasteiger partial charge in [0.1, 0.15) is 5.82 Å². The summed E-state index contributed by atoms with van der Waals surface area (Å²) in [4.78, 5) is 0. The van der Waals surface area contributed by atoms with Gasteiger partial charge < -0.3 is 14.1 Å². The number of fused-ring (bicyclic) bond motifs is 1. The number of rotatable bonds is 2. The van der Waals surface area contributed by atoms with Crippen molar-refractivity contribution in [2.75, 3.05) is 6.61 Å². The smallest absolute Gasteiger partial charge is 0.199 e. The van der Waals surface area contributed by atoms with E-state index in [0.29, 0.717) is 10.4 Å². The number of halogens is 1. The quantitative estimate of drug-likeness (QED) is 0.923. The van der Waals surface area contributed by atoms with E-state index in [2.05, 4.69) is 26.1 Å². The van der Waals surface area contributed by atoms with Crippen LogP contribution < -0.4 is 0 Å². The third-order valence-corrected chi connectivity index (χ3v) is 3.52. The first-order valence-electron chi connectivity index (χ1n) is 5.59. The fourth-order valence-electron chi connectivity index (χ4n) is 2.25. The van der Waals surface area contributed by atoms with E-state index in [9.17, 15) is 5.11 Å². The minimum atomic E-state index is 0.100. The maximum atomic E-state index is 9.31. The first-order chi connectivity index (χ1) is 8.29. The minimum absolute atomic E-state index is 0.100. The zero-order valence-corrected chi connectivity index (χ0v) is 10.7. The number of aliphatic hydroxyl groups excluding tert-OH is 1. The van der Waals surface area contributed by atoms with Crippen LogP contribution in [0.5, 0.6) is 0 Å². The standard InChI is InChI=1S/C11H12BrN3O2/c12-9-4-3-8(17-9)11-14-13-10-7(6-16)2-1-5-15(10)11/h3-4,7,16H,1-2,5-6H2. The molecule has 0 aromatic carbocycles. The van der Waals surface area contributed by atoms with Gasteiger partial charge >= 0.3 is 0 Å². The molecule has 6 heteroatoms. The molecule has 1 aliphatic heterocycles. The largest absolute Gasteiger partial charge is 0.446 e. The van der Waals surface area contributed by atoms with Gasteiger partial charge in [0.15, 0.2) is 16.3 Å². The molecule has 0 saturated heterocycles. The molecule has 0 bridgehead atoms. The van der Waals surface area contributed by atoms with E-state index in [0.717, 1.165) is 31.0 Å². The van der Waals surface area contributed by atoms with Crippen molar-refractivity contribution >= 4 is 15.9 Å². The molecule has 1 aliphatic rings. The van der Waals surface area contributed by atoms with Crippen molar-refractivity contribution in [2.45, 2.75) is 25.3 Å². The molecule has 0 amide bonds. The number of hydrogen-bond acceptors (Lipinski definition) is 4. The van der Waals surface area contributed by atoms with Gasteiger partial charge in [-0.25, -0.2) is 0 Å². The first-order valence-corrected chi connectivity index (χ1v) is 6.38. The Morgan fingerprint density at radius 3 is 3.06 bits per heavy atom. The van der Waals surface area contributed by atoms with Crippen LogP contribution in [0.15, 0.2) is 21.2 Å². The van der Waals surface area contributed by atoms with E-state index < -0.39 is 0 Å². The summed E-state index contributed by atoms with van der Waals surface area (Å²) in [7, 11) is 0. The molecule has 3 heterocycles. The second-order valence-corrected chi connectivity index (χ2v) is 4.94. The average molecular weight is 298 g/mol. The fourth-order valence-corrected chi connectivity index (χ4v) is 2.56. The lowest BCUT2D eigenvalue weighted by atomic mass is 10.00. The van der Waals surface area contributed by atoms with Gasteiger partial charge in [0.2, 0.25) is 0 Å². The molecule has 0 spiro atoms. The molecule has 3 rings (SSSR count). The second kappa shape index (κ2) is 4.27. The molecule has 1 unspecified atom stereocenters. The van der Waals surface area contributed by atoms with Gasteiger partial charge in [-0.1, -0.05) is 0 Å². The number of hydrogen-bond donors (Lipinski definition) is 1. The van der Waals surface area contributed by atoms with Crippen LogP contribution in [-0.2, 0) is 6.54 Å². The van der Waals surface area contributed by atoms with Crippen molar-refractivity contribution in [2.24, 2.45) is 0 Å².